The average Bonchev–Trinajstić information content (AvgIpc) is 2.83. The van der Waals surface area contributed by atoms with Crippen LogP contribution in [-0.2, 0) is 9.59 Å². The fraction of sp³-hybridized carbons (Fsp3) is 0.0833. The number of amides is 2. The molecule has 0 aliphatic carbocycles. The lowest BCUT2D eigenvalue weighted by Crippen LogP contribution is -2.32. The normalized spacial score (nSPS) is 11.8. The van der Waals surface area contributed by atoms with E-state index in [0.29, 0.717) is 5.56 Å². The monoisotopic (exact) mass is 244 g/mol. The molecule has 1 aromatic carbocycles. The first kappa shape index (κ1) is 11.8. The second-order valence-electron chi connectivity index (χ2n) is 3.67. The maximum atomic E-state index is 12.0. The Bertz CT molecular complexity index is 536. The Morgan fingerprint density at radius 2 is 2.00 bits per heavy atom. The minimum absolute atomic E-state index is 0.280. The molecule has 0 aliphatic heterocycles. The van der Waals surface area contributed by atoms with Gasteiger partial charge in [-0.2, -0.15) is 0 Å². The van der Waals surface area contributed by atoms with E-state index in [-0.39, 0.29) is 5.95 Å². The van der Waals surface area contributed by atoms with Crippen LogP contribution in [0.3, 0.4) is 0 Å². The van der Waals surface area contributed by atoms with Crippen molar-refractivity contribution in [1.29, 1.82) is 0 Å². The zero-order valence-corrected chi connectivity index (χ0v) is 9.46. The van der Waals surface area contributed by atoms with Crippen LogP contribution in [-0.4, -0.2) is 21.8 Å². The van der Waals surface area contributed by atoms with Crippen molar-refractivity contribution in [1.82, 2.24) is 9.97 Å². The van der Waals surface area contributed by atoms with Gasteiger partial charge in [0.05, 0.1) is 0 Å². The predicted molar refractivity (Wildman–Crippen MR) is 65.6 cm³/mol. The third-order valence-electron chi connectivity index (χ3n) is 2.42. The molecule has 1 heterocycles. The lowest BCUT2D eigenvalue weighted by Gasteiger charge is -2.12. The van der Waals surface area contributed by atoms with Gasteiger partial charge in [0, 0.05) is 12.4 Å². The van der Waals surface area contributed by atoms with Crippen LogP contribution >= 0.6 is 0 Å². The first-order chi connectivity index (χ1) is 8.68. The first-order valence-electron chi connectivity index (χ1n) is 5.33. The number of rotatable bonds is 4. The van der Waals surface area contributed by atoms with Gasteiger partial charge in [0.1, 0.15) is 5.92 Å². The number of nitrogens with one attached hydrogen (secondary N) is 2. The van der Waals surface area contributed by atoms with Crippen molar-refractivity contribution in [3.8, 4) is 0 Å². The molecular weight excluding hydrogens is 232 g/mol. The molecule has 0 spiro atoms. The van der Waals surface area contributed by atoms with Crippen LogP contribution in [0.15, 0.2) is 42.7 Å². The summed E-state index contributed by atoms with van der Waals surface area (Å²) >= 11 is 0. The lowest BCUT2D eigenvalue weighted by molar-refractivity contribution is -0.127. The summed E-state index contributed by atoms with van der Waals surface area (Å²) < 4.78 is 0. The van der Waals surface area contributed by atoms with Gasteiger partial charge in [0.2, 0.25) is 17.8 Å². The molecule has 2 aromatic rings. The summed E-state index contributed by atoms with van der Waals surface area (Å²) in [5.41, 5.74) is 5.82. The Morgan fingerprint density at radius 3 is 2.56 bits per heavy atom. The van der Waals surface area contributed by atoms with Crippen LogP contribution < -0.4 is 11.1 Å². The van der Waals surface area contributed by atoms with Gasteiger partial charge in [-0.25, -0.2) is 4.98 Å². The fourth-order valence-electron chi connectivity index (χ4n) is 1.61. The van der Waals surface area contributed by atoms with Crippen LogP contribution in [0.1, 0.15) is 11.5 Å². The number of aromatic amines is 1. The number of carbonyl (C=O) groups is 2. The molecule has 2 rings (SSSR count). The molecule has 0 aliphatic rings. The van der Waals surface area contributed by atoms with Crippen LogP contribution in [0.4, 0.5) is 5.95 Å². The summed E-state index contributed by atoms with van der Waals surface area (Å²) in [7, 11) is 0. The van der Waals surface area contributed by atoms with Crippen LogP contribution in [0, 0.1) is 0 Å². The number of carbonyl (C=O) groups excluding carboxylic acids is 2. The van der Waals surface area contributed by atoms with Gasteiger partial charge in [-0.05, 0) is 5.56 Å². The summed E-state index contributed by atoms with van der Waals surface area (Å²) in [4.78, 5) is 30.0. The van der Waals surface area contributed by atoms with Crippen molar-refractivity contribution < 1.29 is 9.59 Å². The Morgan fingerprint density at radius 1 is 1.28 bits per heavy atom. The van der Waals surface area contributed by atoms with E-state index in [2.05, 4.69) is 15.3 Å². The molecule has 6 heteroatoms. The van der Waals surface area contributed by atoms with E-state index in [9.17, 15) is 9.59 Å². The maximum Gasteiger partial charge on any atom is 0.243 e. The highest BCUT2D eigenvalue weighted by atomic mass is 16.2. The van der Waals surface area contributed by atoms with Gasteiger partial charge in [-0.15, -0.1) is 0 Å². The molecule has 18 heavy (non-hydrogen) atoms. The molecule has 0 saturated carbocycles. The van der Waals surface area contributed by atoms with E-state index in [1.807, 2.05) is 0 Å². The topological polar surface area (TPSA) is 101 Å². The van der Waals surface area contributed by atoms with Crippen molar-refractivity contribution in [2.24, 2.45) is 5.73 Å². The lowest BCUT2D eigenvalue weighted by atomic mass is 9.98. The number of benzene rings is 1. The quantitative estimate of drug-likeness (QED) is 0.687. The third-order valence-corrected chi connectivity index (χ3v) is 2.42. The summed E-state index contributed by atoms with van der Waals surface area (Å²) in [6.07, 6.45) is 3.06. The summed E-state index contributed by atoms with van der Waals surface area (Å²) in [5.74, 6) is -1.97. The van der Waals surface area contributed by atoms with Crippen molar-refractivity contribution >= 4 is 17.8 Å². The molecule has 0 fully saturated rings. The first-order valence-corrected chi connectivity index (χ1v) is 5.33. The van der Waals surface area contributed by atoms with Gasteiger partial charge in [-0.1, -0.05) is 30.3 Å². The predicted octanol–water partition coefficient (Wildman–Crippen LogP) is 0.617. The van der Waals surface area contributed by atoms with Gasteiger partial charge in [0.15, 0.2) is 0 Å². The van der Waals surface area contributed by atoms with Gasteiger partial charge < -0.3 is 10.7 Å². The number of primary amides is 1. The third kappa shape index (κ3) is 2.54. The zero-order valence-electron chi connectivity index (χ0n) is 9.46. The molecule has 0 bridgehead atoms. The number of nitrogens with two attached hydrogens (primary N) is 1. The molecule has 0 saturated heterocycles. The Kier molecular flexibility index (Phi) is 3.38. The molecule has 4 N–H and O–H groups in total. The van der Waals surface area contributed by atoms with E-state index in [1.165, 1.54) is 6.20 Å². The molecule has 6 nitrogen and oxygen atoms in total. The number of anilines is 1. The number of hydrogen-bond acceptors (Lipinski definition) is 3. The van der Waals surface area contributed by atoms with E-state index >= 15 is 0 Å². The van der Waals surface area contributed by atoms with E-state index in [4.69, 9.17) is 5.73 Å². The number of nitrogens with zero attached hydrogens (tertiary/aromatic N) is 1. The van der Waals surface area contributed by atoms with E-state index in [0.717, 1.165) is 0 Å². The van der Waals surface area contributed by atoms with Crippen LogP contribution in [0.5, 0.6) is 0 Å². The molecule has 0 radical (unpaired) electrons. The smallest absolute Gasteiger partial charge is 0.243 e. The number of aromatic nitrogens is 2. The van der Waals surface area contributed by atoms with Crippen molar-refractivity contribution in [2.45, 2.75) is 5.92 Å². The molecule has 92 valence electrons. The molecule has 1 unspecified atom stereocenters. The highest BCUT2D eigenvalue weighted by Crippen LogP contribution is 2.16. The molecule has 1 atom stereocenters. The molecule has 1 aromatic heterocycles. The van der Waals surface area contributed by atoms with E-state index in [1.54, 1.807) is 36.5 Å². The van der Waals surface area contributed by atoms with Crippen LogP contribution in [0.2, 0.25) is 0 Å². The van der Waals surface area contributed by atoms with E-state index < -0.39 is 17.7 Å². The Labute approximate surface area is 103 Å². The fourth-order valence-corrected chi connectivity index (χ4v) is 1.61. The second-order valence-corrected chi connectivity index (χ2v) is 3.67. The number of imidazole rings is 1. The van der Waals surface area contributed by atoms with Gasteiger partial charge >= 0.3 is 0 Å². The Hall–Kier alpha value is -2.63. The van der Waals surface area contributed by atoms with Gasteiger partial charge in [-0.3, -0.25) is 14.9 Å². The van der Waals surface area contributed by atoms with Crippen molar-refractivity contribution in [3.63, 3.8) is 0 Å². The van der Waals surface area contributed by atoms with Crippen LogP contribution in [0.25, 0.3) is 0 Å². The SMILES string of the molecule is NC(=O)C(C(=O)Nc1ncc[nH]1)c1ccccc1. The van der Waals surface area contributed by atoms with Crippen molar-refractivity contribution in [2.75, 3.05) is 5.32 Å². The number of hydrogen-bond donors (Lipinski definition) is 3. The standard InChI is InChI=1S/C12H12N4O2/c13-10(17)9(8-4-2-1-3-5-8)11(18)16-12-14-6-7-15-12/h1-7,9H,(H2,13,17)(H2,14,15,16,18). The largest absolute Gasteiger partial charge is 0.369 e. The molecule has 2 amide bonds. The summed E-state index contributed by atoms with van der Waals surface area (Å²) in [5, 5.41) is 2.50. The maximum absolute atomic E-state index is 12.0. The minimum atomic E-state index is -1.03. The average molecular weight is 244 g/mol. The highest BCUT2D eigenvalue weighted by Gasteiger charge is 2.26. The van der Waals surface area contributed by atoms with Gasteiger partial charge in [0.25, 0.3) is 0 Å². The summed E-state index contributed by atoms with van der Waals surface area (Å²) in [6, 6.07) is 8.64. The second kappa shape index (κ2) is 5.13. The summed E-state index contributed by atoms with van der Waals surface area (Å²) in [6.45, 7) is 0. The highest BCUT2D eigenvalue weighted by molar-refractivity contribution is 6.10. The Balaban J connectivity index is 2.21. The van der Waals surface area contributed by atoms with Crippen molar-refractivity contribution in [3.05, 3.63) is 48.3 Å². The minimum Gasteiger partial charge on any atom is -0.369 e. The number of H-pyrrole nitrogens is 1. The molecular formula is C12H12N4O2. The zero-order chi connectivity index (χ0) is 13.0.